The number of aliphatic hydroxyl groups excluding tert-OH is 1. The van der Waals surface area contributed by atoms with Gasteiger partial charge in [0.25, 0.3) is 0 Å². The molecule has 1 aromatic carbocycles. The van der Waals surface area contributed by atoms with E-state index in [0.717, 1.165) is 10.0 Å². The summed E-state index contributed by atoms with van der Waals surface area (Å²) in [6.45, 7) is 12.0. The van der Waals surface area contributed by atoms with E-state index in [1.54, 1.807) is 0 Å². The lowest BCUT2D eigenvalue weighted by molar-refractivity contribution is 0.154. The first-order valence-corrected chi connectivity index (χ1v) is 9.76. The molecule has 0 fully saturated rings. The van der Waals surface area contributed by atoms with Crippen molar-refractivity contribution in [3.05, 3.63) is 33.3 Å². The highest BCUT2D eigenvalue weighted by molar-refractivity contribution is 9.10. The van der Waals surface area contributed by atoms with Crippen LogP contribution >= 0.6 is 27.5 Å². The van der Waals surface area contributed by atoms with Crippen LogP contribution in [-0.4, -0.2) is 20.7 Å². The van der Waals surface area contributed by atoms with Crippen LogP contribution in [0, 0.1) is 11.8 Å². The highest BCUT2D eigenvalue weighted by atomic mass is 79.9. The third-order valence-electron chi connectivity index (χ3n) is 4.14. The summed E-state index contributed by atoms with van der Waals surface area (Å²) in [5.41, 5.74) is 0.904. The Bertz CT molecular complexity index is 554. The topological polar surface area (TPSA) is 37.3 Å². The predicted molar refractivity (Wildman–Crippen MR) is 99.8 cm³/mol. The molecule has 1 aromatic rings. The van der Waals surface area contributed by atoms with E-state index in [1.807, 2.05) is 45.9 Å². The van der Waals surface area contributed by atoms with Gasteiger partial charge in [-0.3, -0.25) is 4.21 Å². The van der Waals surface area contributed by atoms with Gasteiger partial charge < -0.3 is 5.11 Å². The van der Waals surface area contributed by atoms with E-state index in [9.17, 15) is 9.32 Å². The van der Waals surface area contributed by atoms with Crippen LogP contribution in [0.4, 0.5) is 0 Å². The molecule has 0 spiro atoms. The number of aliphatic hydroxyl groups is 1. The van der Waals surface area contributed by atoms with Crippen molar-refractivity contribution in [1.82, 2.24) is 0 Å². The van der Waals surface area contributed by atoms with Gasteiger partial charge in [0.05, 0.1) is 9.77 Å². The molecule has 22 heavy (non-hydrogen) atoms. The predicted octanol–water partition coefficient (Wildman–Crippen LogP) is 5.13. The minimum Gasteiger partial charge on any atom is -0.396 e. The Balaban J connectivity index is 3.58. The van der Waals surface area contributed by atoms with Crippen LogP contribution in [0.5, 0.6) is 0 Å². The lowest BCUT2D eigenvalue weighted by atomic mass is 9.80. The fourth-order valence-electron chi connectivity index (χ4n) is 2.92. The minimum atomic E-state index is -1.19. The molecule has 0 aliphatic heterocycles. The lowest BCUT2D eigenvalue weighted by Crippen LogP contribution is -2.47. The Hall–Kier alpha value is 0.1000. The summed E-state index contributed by atoms with van der Waals surface area (Å²) in [6, 6.07) is 5.69. The van der Waals surface area contributed by atoms with Gasteiger partial charge in [-0.05, 0) is 67.2 Å². The molecule has 0 saturated heterocycles. The number of benzene rings is 1. The number of hydrogen-bond acceptors (Lipinski definition) is 2. The van der Waals surface area contributed by atoms with Crippen molar-refractivity contribution in [1.29, 1.82) is 0 Å². The molecular formula is C17H26BrClO2S. The van der Waals surface area contributed by atoms with Crippen LogP contribution in [0.25, 0.3) is 0 Å². The number of rotatable bonds is 5. The molecule has 2 nitrogen and oxygen atoms in total. The molecule has 0 aromatic heterocycles. The van der Waals surface area contributed by atoms with E-state index >= 15 is 0 Å². The van der Waals surface area contributed by atoms with E-state index in [-0.39, 0.29) is 18.4 Å². The molecule has 0 radical (unpaired) electrons. The smallest absolute Gasteiger partial charge is 0.0737 e. The molecule has 0 amide bonds. The second-order valence-corrected chi connectivity index (χ2v) is 11.0. The summed E-state index contributed by atoms with van der Waals surface area (Å²) in [5, 5.41) is 10.5. The number of hydrogen-bond donors (Lipinski definition) is 1. The summed E-state index contributed by atoms with van der Waals surface area (Å²) in [5.74, 6) is 0.0773. The van der Waals surface area contributed by atoms with Crippen molar-refractivity contribution in [2.75, 3.05) is 6.61 Å². The van der Waals surface area contributed by atoms with Crippen LogP contribution in [0.3, 0.4) is 0 Å². The molecule has 126 valence electrons. The Morgan fingerprint density at radius 2 is 1.82 bits per heavy atom. The van der Waals surface area contributed by atoms with Crippen molar-refractivity contribution < 1.29 is 9.32 Å². The van der Waals surface area contributed by atoms with E-state index in [0.29, 0.717) is 5.02 Å². The zero-order chi connectivity index (χ0) is 17.3. The Morgan fingerprint density at radius 1 is 1.27 bits per heavy atom. The Labute approximate surface area is 150 Å². The summed E-state index contributed by atoms with van der Waals surface area (Å²) in [7, 11) is -1.19. The first-order valence-electron chi connectivity index (χ1n) is 7.44. The first-order chi connectivity index (χ1) is 9.96. The molecule has 1 unspecified atom stereocenters. The standard InChI is InChI=1S/C17H26BrClO2S/c1-11(2)13(10-20)17(6,22(21)16(3,4)5)12-7-8-14(18)15(19)9-12/h7-9,11,13,20H,10H2,1-6H3/t13?,17-,22-/m0/s1. The maximum absolute atomic E-state index is 13.3. The van der Waals surface area contributed by atoms with Crippen LogP contribution in [-0.2, 0) is 15.5 Å². The van der Waals surface area contributed by atoms with E-state index in [1.165, 1.54) is 0 Å². The zero-order valence-electron chi connectivity index (χ0n) is 14.1. The number of halogens is 2. The second-order valence-electron chi connectivity index (χ2n) is 7.15. The molecular weight excluding hydrogens is 384 g/mol. The Morgan fingerprint density at radius 3 is 2.18 bits per heavy atom. The molecule has 5 heteroatoms. The van der Waals surface area contributed by atoms with Crippen LogP contribution in [0.1, 0.15) is 47.1 Å². The lowest BCUT2D eigenvalue weighted by Gasteiger charge is -2.42. The first kappa shape index (κ1) is 20.1. The fraction of sp³-hybridized carbons (Fsp3) is 0.647. The van der Waals surface area contributed by atoms with Gasteiger partial charge in [-0.25, -0.2) is 0 Å². The van der Waals surface area contributed by atoms with Crippen LogP contribution < -0.4 is 0 Å². The average Bonchev–Trinajstić information content (AvgIpc) is 2.39. The Kier molecular flexibility index (Phi) is 6.71. The monoisotopic (exact) mass is 408 g/mol. The molecule has 1 N–H and O–H groups in total. The van der Waals surface area contributed by atoms with Crippen molar-refractivity contribution in [2.45, 2.75) is 51.0 Å². The van der Waals surface area contributed by atoms with E-state index in [2.05, 4.69) is 29.8 Å². The molecule has 0 bridgehead atoms. The quantitative estimate of drug-likeness (QED) is 0.732. The highest BCUT2D eigenvalue weighted by Crippen LogP contribution is 2.44. The third kappa shape index (κ3) is 3.95. The van der Waals surface area contributed by atoms with Crippen molar-refractivity contribution >= 4 is 38.3 Å². The van der Waals surface area contributed by atoms with Gasteiger partial charge in [0.2, 0.25) is 0 Å². The van der Waals surface area contributed by atoms with Gasteiger partial charge in [-0.2, -0.15) is 0 Å². The normalized spacial score (nSPS) is 18.1. The maximum atomic E-state index is 13.3. The van der Waals surface area contributed by atoms with E-state index in [4.69, 9.17) is 11.6 Å². The van der Waals surface area contributed by atoms with Gasteiger partial charge in [0.15, 0.2) is 0 Å². The SMILES string of the molecule is CC(C)C(CO)[C@](C)(c1ccc(Br)c(Cl)c1)[S@@](=O)C(C)(C)C. The van der Waals surface area contributed by atoms with E-state index < -0.39 is 20.3 Å². The zero-order valence-corrected chi connectivity index (χ0v) is 17.3. The minimum absolute atomic E-state index is 0.0102. The van der Waals surface area contributed by atoms with Crippen molar-refractivity contribution in [3.63, 3.8) is 0 Å². The fourth-order valence-corrected chi connectivity index (χ4v) is 5.58. The van der Waals surface area contributed by atoms with Crippen LogP contribution in [0.2, 0.25) is 5.02 Å². The summed E-state index contributed by atoms with van der Waals surface area (Å²) >= 11 is 9.66. The molecule has 3 atom stereocenters. The van der Waals surface area contributed by atoms with Crippen molar-refractivity contribution in [3.8, 4) is 0 Å². The second kappa shape index (κ2) is 7.33. The van der Waals surface area contributed by atoms with Gasteiger partial charge in [0, 0.05) is 32.5 Å². The summed E-state index contributed by atoms with van der Waals surface area (Å²) in [6.07, 6.45) is 0. The highest BCUT2D eigenvalue weighted by Gasteiger charge is 2.46. The van der Waals surface area contributed by atoms with Crippen LogP contribution in [0.15, 0.2) is 22.7 Å². The molecule has 1 rings (SSSR count). The maximum Gasteiger partial charge on any atom is 0.0737 e. The van der Waals surface area contributed by atoms with Gasteiger partial charge in [-0.15, -0.1) is 0 Å². The largest absolute Gasteiger partial charge is 0.396 e. The third-order valence-corrected chi connectivity index (χ3v) is 7.80. The van der Waals surface area contributed by atoms with Crippen molar-refractivity contribution in [2.24, 2.45) is 11.8 Å². The van der Waals surface area contributed by atoms with Gasteiger partial charge >= 0.3 is 0 Å². The molecule has 0 aliphatic carbocycles. The van der Waals surface area contributed by atoms with Gasteiger partial charge in [0.1, 0.15) is 0 Å². The summed E-state index contributed by atoms with van der Waals surface area (Å²) < 4.78 is 13.1. The molecule has 0 saturated carbocycles. The summed E-state index contributed by atoms with van der Waals surface area (Å²) in [4.78, 5) is 0. The molecule has 0 aliphatic rings. The average molecular weight is 410 g/mol. The molecule has 0 heterocycles. The van der Waals surface area contributed by atoms with Gasteiger partial charge in [-0.1, -0.05) is 31.5 Å².